The molecule has 0 radical (unpaired) electrons. The normalized spacial score (nSPS) is 10.8. The molecule has 0 saturated heterocycles. The third kappa shape index (κ3) is 2.43. The van der Waals surface area contributed by atoms with Crippen LogP contribution in [0.3, 0.4) is 0 Å². The number of nitrogens with zero attached hydrogens (tertiary/aromatic N) is 3. The average molecular weight is 283 g/mol. The molecule has 0 aliphatic rings. The Hall–Kier alpha value is -2.89. The predicted molar refractivity (Wildman–Crippen MR) is 77.8 cm³/mol. The van der Waals surface area contributed by atoms with E-state index in [1.54, 1.807) is 19.2 Å². The molecule has 0 aliphatic carbocycles. The van der Waals surface area contributed by atoms with E-state index in [0.29, 0.717) is 17.1 Å². The minimum Gasteiger partial charge on any atom is -0.457 e. The fourth-order valence-corrected chi connectivity index (χ4v) is 2.14. The Labute approximate surface area is 120 Å². The summed E-state index contributed by atoms with van der Waals surface area (Å²) >= 11 is 0. The second-order valence-electron chi connectivity index (χ2n) is 4.80. The summed E-state index contributed by atoms with van der Waals surface area (Å²) in [4.78, 5) is 14.6. The van der Waals surface area contributed by atoms with Crippen molar-refractivity contribution in [2.24, 2.45) is 0 Å². The molecule has 0 amide bonds. The van der Waals surface area contributed by atoms with Gasteiger partial charge in [0, 0.05) is 36.3 Å². The number of non-ortho nitro benzene ring substituents is 1. The molecule has 3 aromatic rings. The van der Waals surface area contributed by atoms with Crippen LogP contribution in [0.25, 0.3) is 5.65 Å². The van der Waals surface area contributed by atoms with E-state index in [2.05, 4.69) is 4.98 Å². The summed E-state index contributed by atoms with van der Waals surface area (Å²) < 4.78 is 7.74. The van der Waals surface area contributed by atoms with Gasteiger partial charge in [0.2, 0.25) is 0 Å². The van der Waals surface area contributed by atoms with Gasteiger partial charge in [-0.2, -0.15) is 0 Å². The van der Waals surface area contributed by atoms with Gasteiger partial charge in [0.05, 0.1) is 4.92 Å². The van der Waals surface area contributed by atoms with Crippen LogP contribution >= 0.6 is 0 Å². The molecular formula is C15H13N3O3. The monoisotopic (exact) mass is 283 g/mol. The Morgan fingerprint density at radius 3 is 2.76 bits per heavy atom. The third-order valence-electron chi connectivity index (χ3n) is 3.27. The van der Waals surface area contributed by atoms with Gasteiger partial charge in [0.1, 0.15) is 17.1 Å². The number of nitro groups is 1. The van der Waals surface area contributed by atoms with Crippen LogP contribution in [0.15, 0.2) is 42.7 Å². The van der Waals surface area contributed by atoms with Gasteiger partial charge >= 0.3 is 0 Å². The van der Waals surface area contributed by atoms with Crippen LogP contribution < -0.4 is 4.74 Å². The standard InChI is InChI=1S/C15H13N3O3/c1-10-7-12(18(19)20)3-4-14(10)21-13-5-6-17-11(2)9-16-15(17)8-13/h3-9H,1-2H3. The topological polar surface area (TPSA) is 69.7 Å². The van der Waals surface area contributed by atoms with Crippen molar-refractivity contribution < 1.29 is 9.66 Å². The molecule has 2 aromatic heterocycles. The van der Waals surface area contributed by atoms with Gasteiger partial charge in [-0.05, 0) is 31.5 Å². The number of hydrogen-bond acceptors (Lipinski definition) is 4. The zero-order valence-electron chi connectivity index (χ0n) is 11.6. The van der Waals surface area contributed by atoms with Crippen LogP contribution in [-0.2, 0) is 0 Å². The molecule has 6 nitrogen and oxygen atoms in total. The summed E-state index contributed by atoms with van der Waals surface area (Å²) in [5.74, 6) is 1.23. The largest absolute Gasteiger partial charge is 0.457 e. The van der Waals surface area contributed by atoms with Gasteiger partial charge in [0.25, 0.3) is 5.69 Å². The van der Waals surface area contributed by atoms with Crippen molar-refractivity contribution >= 4 is 11.3 Å². The van der Waals surface area contributed by atoms with Crippen LogP contribution in [0.2, 0.25) is 0 Å². The molecule has 0 N–H and O–H groups in total. The number of fused-ring (bicyclic) bond motifs is 1. The number of aromatic nitrogens is 2. The molecule has 0 fully saturated rings. The number of aryl methyl sites for hydroxylation is 2. The minimum atomic E-state index is -0.420. The van der Waals surface area contributed by atoms with E-state index in [1.807, 2.05) is 29.7 Å². The quantitative estimate of drug-likeness (QED) is 0.543. The van der Waals surface area contributed by atoms with E-state index in [1.165, 1.54) is 12.1 Å². The number of pyridine rings is 1. The molecule has 2 heterocycles. The van der Waals surface area contributed by atoms with E-state index in [0.717, 1.165) is 11.3 Å². The molecule has 0 unspecified atom stereocenters. The Bertz CT molecular complexity index is 839. The molecule has 0 saturated carbocycles. The van der Waals surface area contributed by atoms with Crippen molar-refractivity contribution in [3.63, 3.8) is 0 Å². The Morgan fingerprint density at radius 1 is 1.24 bits per heavy atom. The van der Waals surface area contributed by atoms with Crippen molar-refractivity contribution in [2.75, 3.05) is 0 Å². The van der Waals surface area contributed by atoms with Gasteiger partial charge in [-0.3, -0.25) is 10.1 Å². The lowest BCUT2D eigenvalue weighted by Gasteiger charge is -2.09. The molecule has 0 aliphatic heterocycles. The SMILES string of the molecule is Cc1cc([N+](=O)[O-])ccc1Oc1ccn2c(C)cnc2c1. The summed E-state index contributed by atoms with van der Waals surface area (Å²) in [6.45, 7) is 3.75. The molecule has 1 aromatic carbocycles. The molecule has 3 rings (SSSR count). The number of ether oxygens (including phenoxy) is 1. The highest BCUT2D eigenvalue weighted by Gasteiger charge is 2.10. The maximum Gasteiger partial charge on any atom is 0.269 e. The fraction of sp³-hybridized carbons (Fsp3) is 0.133. The average Bonchev–Trinajstić information content (AvgIpc) is 2.82. The first kappa shape index (κ1) is 13.1. The highest BCUT2D eigenvalue weighted by Crippen LogP contribution is 2.28. The zero-order valence-corrected chi connectivity index (χ0v) is 11.6. The van der Waals surface area contributed by atoms with Crippen LogP contribution in [-0.4, -0.2) is 14.3 Å². The van der Waals surface area contributed by atoms with Gasteiger partial charge in [0.15, 0.2) is 0 Å². The highest BCUT2D eigenvalue weighted by atomic mass is 16.6. The van der Waals surface area contributed by atoms with E-state index >= 15 is 0 Å². The molecular weight excluding hydrogens is 270 g/mol. The first-order chi connectivity index (χ1) is 10.0. The summed E-state index contributed by atoms with van der Waals surface area (Å²) in [5, 5.41) is 10.7. The van der Waals surface area contributed by atoms with Gasteiger partial charge in [-0.25, -0.2) is 4.98 Å². The van der Waals surface area contributed by atoms with E-state index < -0.39 is 4.92 Å². The number of benzene rings is 1. The Kier molecular flexibility index (Phi) is 3.06. The smallest absolute Gasteiger partial charge is 0.269 e. The fourth-order valence-electron chi connectivity index (χ4n) is 2.14. The molecule has 0 bridgehead atoms. The summed E-state index contributed by atoms with van der Waals surface area (Å²) in [6.07, 6.45) is 3.67. The van der Waals surface area contributed by atoms with Crippen molar-refractivity contribution in [1.82, 2.24) is 9.38 Å². The van der Waals surface area contributed by atoms with Crippen LogP contribution in [0, 0.1) is 24.0 Å². The number of nitro benzene ring substituents is 1. The highest BCUT2D eigenvalue weighted by molar-refractivity contribution is 5.49. The molecule has 106 valence electrons. The summed E-state index contributed by atoms with van der Waals surface area (Å²) in [7, 11) is 0. The van der Waals surface area contributed by atoms with E-state index in [-0.39, 0.29) is 5.69 Å². The van der Waals surface area contributed by atoms with Crippen molar-refractivity contribution in [2.45, 2.75) is 13.8 Å². The summed E-state index contributed by atoms with van der Waals surface area (Å²) in [5.41, 5.74) is 2.61. The number of imidazole rings is 1. The van der Waals surface area contributed by atoms with Crippen LogP contribution in [0.1, 0.15) is 11.3 Å². The lowest BCUT2D eigenvalue weighted by atomic mass is 10.2. The second kappa shape index (κ2) is 4.90. The first-order valence-corrected chi connectivity index (χ1v) is 6.41. The number of rotatable bonds is 3. The third-order valence-corrected chi connectivity index (χ3v) is 3.27. The van der Waals surface area contributed by atoms with E-state index in [4.69, 9.17) is 4.74 Å². The lowest BCUT2D eigenvalue weighted by Crippen LogP contribution is -1.93. The first-order valence-electron chi connectivity index (χ1n) is 6.41. The maximum atomic E-state index is 10.7. The van der Waals surface area contributed by atoms with Gasteiger partial charge < -0.3 is 9.14 Å². The Balaban J connectivity index is 1.92. The summed E-state index contributed by atoms with van der Waals surface area (Å²) in [6, 6.07) is 8.19. The van der Waals surface area contributed by atoms with Crippen molar-refractivity contribution in [3.05, 3.63) is 64.1 Å². The number of hydrogen-bond donors (Lipinski definition) is 0. The lowest BCUT2D eigenvalue weighted by molar-refractivity contribution is -0.384. The van der Waals surface area contributed by atoms with Crippen LogP contribution in [0.5, 0.6) is 11.5 Å². The molecule has 21 heavy (non-hydrogen) atoms. The maximum absolute atomic E-state index is 10.7. The second-order valence-corrected chi connectivity index (χ2v) is 4.80. The van der Waals surface area contributed by atoms with Gasteiger partial charge in [-0.15, -0.1) is 0 Å². The molecule has 0 spiro atoms. The molecule has 6 heteroatoms. The Morgan fingerprint density at radius 2 is 2.05 bits per heavy atom. The van der Waals surface area contributed by atoms with Crippen LogP contribution in [0.4, 0.5) is 5.69 Å². The van der Waals surface area contributed by atoms with Crippen molar-refractivity contribution in [1.29, 1.82) is 0 Å². The van der Waals surface area contributed by atoms with Crippen molar-refractivity contribution in [3.8, 4) is 11.5 Å². The minimum absolute atomic E-state index is 0.0548. The zero-order chi connectivity index (χ0) is 15.0. The van der Waals surface area contributed by atoms with Gasteiger partial charge in [-0.1, -0.05) is 0 Å². The molecule has 0 atom stereocenters. The van der Waals surface area contributed by atoms with E-state index in [9.17, 15) is 10.1 Å². The predicted octanol–water partition coefficient (Wildman–Crippen LogP) is 3.65.